The highest BCUT2D eigenvalue weighted by molar-refractivity contribution is 5.87. The van der Waals surface area contributed by atoms with Crippen LogP contribution in [0.25, 0.3) is 0 Å². The van der Waals surface area contributed by atoms with E-state index in [9.17, 15) is 9.59 Å². The predicted octanol–water partition coefficient (Wildman–Crippen LogP) is 5.36. The Kier molecular flexibility index (Phi) is 7.80. The maximum absolute atomic E-state index is 12.6. The molecule has 0 aliphatic heterocycles. The first-order chi connectivity index (χ1) is 14.0. The van der Waals surface area contributed by atoms with Gasteiger partial charge in [0, 0.05) is 25.4 Å². The number of carboxylic acids is 1. The molecule has 0 saturated carbocycles. The number of benzene rings is 1. The lowest BCUT2D eigenvalue weighted by Crippen LogP contribution is -2.37. The molecule has 2 rings (SSSR count). The number of carbonyl (C=O) groups excluding carboxylic acids is 1. The van der Waals surface area contributed by atoms with E-state index in [0.717, 1.165) is 12.0 Å². The lowest BCUT2D eigenvalue weighted by molar-refractivity contribution is 0.0225. The number of carbonyl (C=O) groups is 2. The van der Waals surface area contributed by atoms with E-state index in [2.05, 4.69) is 18.8 Å². The van der Waals surface area contributed by atoms with Crippen molar-refractivity contribution < 1.29 is 24.2 Å². The van der Waals surface area contributed by atoms with E-state index in [-0.39, 0.29) is 11.7 Å². The monoisotopic (exact) mass is 414 g/mol. The number of carboxylic acid groups (broad SMARTS) is 1. The minimum absolute atomic E-state index is 0.0985. The van der Waals surface area contributed by atoms with E-state index in [1.807, 2.05) is 32.9 Å². The van der Waals surface area contributed by atoms with Crippen LogP contribution in [-0.2, 0) is 11.3 Å². The number of hydrogen-bond donors (Lipinski definition) is 1. The van der Waals surface area contributed by atoms with Crippen LogP contribution in [0.15, 0.2) is 42.6 Å². The summed E-state index contributed by atoms with van der Waals surface area (Å²) in [7, 11) is 0. The Bertz CT molecular complexity index is 839. The molecule has 7 nitrogen and oxygen atoms in total. The highest BCUT2D eigenvalue weighted by Gasteiger charge is 2.22. The average molecular weight is 415 g/mol. The van der Waals surface area contributed by atoms with E-state index in [4.69, 9.17) is 14.6 Å². The molecule has 1 amide bonds. The largest absolute Gasteiger partial charge is 0.478 e. The maximum Gasteiger partial charge on any atom is 0.410 e. The molecule has 1 aromatic heterocycles. The van der Waals surface area contributed by atoms with Crippen molar-refractivity contribution in [3.05, 3.63) is 53.7 Å². The van der Waals surface area contributed by atoms with Crippen LogP contribution in [0.5, 0.6) is 11.6 Å². The van der Waals surface area contributed by atoms with Gasteiger partial charge in [0.25, 0.3) is 0 Å². The Hall–Kier alpha value is -3.09. The predicted molar refractivity (Wildman–Crippen MR) is 114 cm³/mol. The van der Waals surface area contributed by atoms with Crippen molar-refractivity contribution in [3.63, 3.8) is 0 Å². The van der Waals surface area contributed by atoms with E-state index in [1.54, 1.807) is 17.0 Å². The normalized spacial score (nSPS) is 11.3. The van der Waals surface area contributed by atoms with Crippen molar-refractivity contribution in [3.8, 4) is 11.6 Å². The number of amides is 1. The summed E-state index contributed by atoms with van der Waals surface area (Å²) in [5.41, 5.74) is 0.501. The molecule has 0 fully saturated rings. The summed E-state index contributed by atoms with van der Waals surface area (Å²) in [6.45, 7) is 10.9. The van der Waals surface area contributed by atoms with Gasteiger partial charge in [0.1, 0.15) is 11.4 Å². The van der Waals surface area contributed by atoms with Gasteiger partial charge in [-0.05, 0) is 56.9 Å². The molecule has 0 aliphatic rings. The standard InChI is InChI=1S/C23H30N2O5/c1-16(2)12-13-25(22(28)30-23(3,4)5)15-17-6-9-19(10-7-17)29-20-11-8-18(14-24-20)21(26)27/h6-11,14,16H,12-13,15H2,1-5H3,(H,26,27). The second-order valence-electron chi connectivity index (χ2n) is 8.52. The Morgan fingerprint density at radius 2 is 1.77 bits per heavy atom. The van der Waals surface area contributed by atoms with Gasteiger partial charge in [-0.1, -0.05) is 26.0 Å². The number of pyridine rings is 1. The number of rotatable bonds is 8. The molecule has 1 heterocycles. The summed E-state index contributed by atoms with van der Waals surface area (Å²) < 4.78 is 11.2. The van der Waals surface area contributed by atoms with E-state index >= 15 is 0 Å². The maximum atomic E-state index is 12.6. The minimum Gasteiger partial charge on any atom is -0.478 e. The van der Waals surface area contributed by atoms with E-state index < -0.39 is 11.6 Å². The fraction of sp³-hybridized carbons (Fsp3) is 0.435. The van der Waals surface area contributed by atoms with Crippen LogP contribution < -0.4 is 4.74 Å². The van der Waals surface area contributed by atoms with Crippen LogP contribution in [-0.4, -0.2) is 39.2 Å². The van der Waals surface area contributed by atoms with Crippen molar-refractivity contribution in [1.29, 1.82) is 0 Å². The molecule has 0 spiro atoms. The van der Waals surface area contributed by atoms with Gasteiger partial charge in [-0.3, -0.25) is 0 Å². The number of nitrogens with zero attached hydrogens (tertiary/aromatic N) is 2. The molecule has 1 aromatic carbocycles. The molecule has 1 N–H and O–H groups in total. The van der Waals surface area contributed by atoms with Crippen molar-refractivity contribution in [2.24, 2.45) is 5.92 Å². The van der Waals surface area contributed by atoms with Crippen LogP contribution in [0.3, 0.4) is 0 Å². The first-order valence-electron chi connectivity index (χ1n) is 9.97. The topological polar surface area (TPSA) is 89.0 Å². The Balaban J connectivity index is 2.04. The Morgan fingerprint density at radius 1 is 1.10 bits per heavy atom. The van der Waals surface area contributed by atoms with Gasteiger partial charge in [0.2, 0.25) is 5.88 Å². The summed E-state index contributed by atoms with van der Waals surface area (Å²) in [4.78, 5) is 29.2. The number of hydrogen-bond acceptors (Lipinski definition) is 5. The highest BCUT2D eigenvalue weighted by atomic mass is 16.6. The third-order valence-corrected chi connectivity index (χ3v) is 4.13. The molecule has 162 valence electrons. The van der Waals surface area contributed by atoms with Gasteiger partial charge in [-0.2, -0.15) is 0 Å². The lowest BCUT2D eigenvalue weighted by atomic mass is 10.1. The van der Waals surface area contributed by atoms with Crippen molar-refractivity contribution in [2.45, 2.75) is 53.2 Å². The molecule has 30 heavy (non-hydrogen) atoms. The average Bonchev–Trinajstić information content (AvgIpc) is 2.65. The molecule has 0 unspecified atom stereocenters. The summed E-state index contributed by atoms with van der Waals surface area (Å²) in [5.74, 6) is 0.316. The van der Waals surface area contributed by atoms with Gasteiger partial charge >= 0.3 is 12.1 Å². The lowest BCUT2D eigenvalue weighted by Gasteiger charge is -2.28. The number of aromatic nitrogens is 1. The third kappa shape index (κ3) is 7.73. The Morgan fingerprint density at radius 3 is 2.27 bits per heavy atom. The minimum atomic E-state index is -1.04. The number of ether oxygens (including phenoxy) is 2. The molecule has 2 aromatic rings. The van der Waals surface area contributed by atoms with Crippen molar-refractivity contribution in [2.75, 3.05) is 6.54 Å². The molecule has 0 atom stereocenters. The quantitative estimate of drug-likeness (QED) is 0.626. The third-order valence-electron chi connectivity index (χ3n) is 4.13. The highest BCUT2D eigenvalue weighted by Crippen LogP contribution is 2.21. The molecule has 0 saturated heterocycles. The fourth-order valence-electron chi connectivity index (χ4n) is 2.55. The van der Waals surface area contributed by atoms with Crippen molar-refractivity contribution >= 4 is 12.1 Å². The van der Waals surface area contributed by atoms with Crippen LogP contribution >= 0.6 is 0 Å². The summed E-state index contributed by atoms with van der Waals surface area (Å²) in [5, 5.41) is 8.92. The van der Waals surface area contributed by atoms with Crippen LogP contribution in [0.1, 0.15) is 57.0 Å². The fourth-order valence-corrected chi connectivity index (χ4v) is 2.55. The first kappa shape index (κ1) is 23.2. The number of aromatic carboxylic acids is 1. The van der Waals surface area contributed by atoms with Gasteiger partial charge < -0.3 is 19.5 Å². The zero-order valence-corrected chi connectivity index (χ0v) is 18.2. The molecular weight excluding hydrogens is 384 g/mol. The first-order valence-corrected chi connectivity index (χ1v) is 9.97. The molecule has 0 aliphatic carbocycles. The van der Waals surface area contributed by atoms with Crippen molar-refractivity contribution in [1.82, 2.24) is 9.88 Å². The Labute approximate surface area is 177 Å². The smallest absolute Gasteiger partial charge is 0.410 e. The van der Waals surface area contributed by atoms with Gasteiger partial charge in [0.05, 0.1) is 5.56 Å². The van der Waals surface area contributed by atoms with E-state index in [1.165, 1.54) is 18.3 Å². The summed E-state index contributed by atoms with van der Waals surface area (Å²) >= 11 is 0. The molecule has 7 heteroatoms. The van der Waals surface area contributed by atoms with Crippen LogP contribution in [0.2, 0.25) is 0 Å². The zero-order chi connectivity index (χ0) is 22.3. The SMILES string of the molecule is CC(C)CCN(Cc1ccc(Oc2ccc(C(=O)O)cn2)cc1)C(=O)OC(C)(C)C. The van der Waals surface area contributed by atoms with E-state index in [0.29, 0.717) is 30.6 Å². The molecule has 0 radical (unpaired) electrons. The summed E-state index contributed by atoms with van der Waals surface area (Å²) in [6, 6.07) is 10.3. The van der Waals surface area contributed by atoms with Gasteiger partial charge in [0.15, 0.2) is 0 Å². The summed E-state index contributed by atoms with van der Waals surface area (Å²) in [6.07, 6.45) is 1.81. The molecule has 0 bridgehead atoms. The van der Waals surface area contributed by atoms with Crippen LogP contribution in [0, 0.1) is 5.92 Å². The van der Waals surface area contributed by atoms with Gasteiger partial charge in [-0.25, -0.2) is 14.6 Å². The zero-order valence-electron chi connectivity index (χ0n) is 18.2. The second-order valence-corrected chi connectivity index (χ2v) is 8.52. The molecular formula is C23H30N2O5. The van der Waals surface area contributed by atoms with Crippen LogP contribution in [0.4, 0.5) is 4.79 Å². The second kappa shape index (κ2) is 10.1. The van der Waals surface area contributed by atoms with Gasteiger partial charge in [-0.15, -0.1) is 0 Å².